The first-order chi connectivity index (χ1) is 12.9. The minimum atomic E-state index is -4.68. The monoisotopic (exact) mass is 411 g/mol. The molecule has 28 heavy (non-hydrogen) atoms. The van der Waals surface area contributed by atoms with Crippen LogP contribution >= 0.6 is 0 Å². The quantitative estimate of drug-likeness (QED) is 0.691. The number of allylic oxidation sites excluding steroid dienone is 1. The van der Waals surface area contributed by atoms with Crippen LogP contribution in [0.5, 0.6) is 0 Å². The van der Waals surface area contributed by atoms with E-state index in [0.29, 0.717) is 11.6 Å². The van der Waals surface area contributed by atoms with Crippen LogP contribution < -0.4 is 0 Å². The van der Waals surface area contributed by atoms with E-state index in [1.54, 1.807) is 13.0 Å². The molecule has 0 saturated carbocycles. The summed E-state index contributed by atoms with van der Waals surface area (Å²) < 4.78 is 63.3. The molecule has 0 aromatic heterocycles. The predicted octanol–water partition coefficient (Wildman–Crippen LogP) is 4.26. The lowest BCUT2D eigenvalue weighted by atomic mass is 10.0. The van der Waals surface area contributed by atoms with Gasteiger partial charge < -0.3 is 4.90 Å². The molecular weight excluding hydrogens is 391 g/mol. The number of hydrogen-bond donors (Lipinski definition) is 0. The van der Waals surface area contributed by atoms with Gasteiger partial charge in [-0.2, -0.15) is 13.2 Å². The van der Waals surface area contributed by atoms with Crippen LogP contribution in [0, 0.1) is 0 Å². The van der Waals surface area contributed by atoms with E-state index in [1.165, 1.54) is 60.5 Å². The summed E-state index contributed by atoms with van der Waals surface area (Å²) in [6.07, 6.45) is -3.02. The molecule has 4 nitrogen and oxygen atoms in total. The fourth-order valence-electron chi connectivity index (χ4n) is 2.58. The van der Waals surface area contributed by atoms with E-state index in [9.17, 15) is 26.4 Å². The zero-order valence-electron chi connectivity index (χ0n) is 15.6. The summed E-state index contributed by atoms with van der Waals surface area (Å²) in [5.41, 5.74) is -0.517. The van der Waals surface area contributed by atoms with Gasteiger partial charge in [-0.05, 0) is 30.2 Å². The average Bonchev–Trinajstić information content (AvgIpc) is 2.64. The van der Waals surface area contributed by atoms with E-state index in [-0.39, 0.29) is 10.5 Å². The molecule has 1 unspecified atom stereocenters. The van der Waals surface area contributed by atoms with Crippen LogP contribution in [0.15, 0.2) is 65.6 Å². The molecule has 1 amide bonds. The van der Waals surface area contributed by atoms with E-state index >= 15 is 0 Å². The zero-order chi connectivity index (χ0) is 21.1. The van der Waals surface area contributed by atoms with Gasteiger partial charge in [0, 0.05) is 19.4 Å². The van der Waals surface area contributed by atoms with Crippen LogP contribution in [-0.4, -0.2) is 38.7 Å². The van der Waals surface area contributed by atoms with Gasteiger partial charge in [-0.1, -0.05) is 42.5 Å². The maximum Gasteiger partial charge on any atom is 0.417 e. The number of alkyl halides is 3. The molecule has 0 fully saturated rings. The third kappa shape index (κ3) is 5.22. The molecule has 0 N–H and O–H groups in total. The summed E-state index contributed by atoms with van der Waals surface area (Å²) in [6.45, 7) is 1.65. The van der Waals surface area contributed by atoms with E-state index in [0.717, 1.165) is 6.26 Å². The first-order valence-electron chi connectivity index (χ1n) is 8.32. The van der Waals surface area contributed by atoms with Crippen LogP contribution in [0.3, 0.4) is 0 Å². The number of amides is 1. The van der Waals surface area contributed by atoms with Gasteiger partial charge in [-0.25, -0.2) is 8.42 Å². The Morgan fingerprint density at radius 2 is 1.57 bits per heavy atom. The molecule has 150 valence electrons. The second-order valence-electron chi connectivity index (χ2n) is 6.39. The third-order valence-corrected chi connectivity index (χ3v) is 5.51. The molecule has 0 radical (unpaired) electrons. The van der Waals surface area contributed by atoms with Gasteiger partial charge in [0.15, 0.2) is 9.84 Å². The van der Waals surface area contributed by atoms with E-state index in [1.807, 2.05) is 0 Å². The van der Waals surface area contributed by atoms with Crippen molar-refractivity contribution in [1.82, 2.24) is 4.90 Å². The maximum absolute atomic E-state index is 13.4. The second kappa shape index (κ2) is 8.18. The average molecular weight is 411 g/mol. The summed E-state index contributed by atoms with van der Waals surface area (Å²) >= 11 is 0. The Balaban J connectivity index is 2.30. The lowest BCUT2D eigenvalue weighted by Gasteiger charge is -2.25. The van der Waals surface area contributed by atoms with E-state index in [4.69, 9.17) is 0 Å². The van der Waals surface area contributed by atoms with Crippen molar-refractivity contribution in [3.63, 3.8) is 0 Å². The highest BCUT2D eigenvalue weighted by Crippen LogP contribution is 2.34. The number of rotatable bonds is 5. The Kier molecular flexibility index (Phi) is 6.34. The van der Waals surface area contributed by atoms with Crippen molar-refractivity contribution in [1.29, 1.82) is 0 Å². The normalized spacial score (nSPS) is 13.9. The number of likely N-dealkylation sites (N-methyl/N-ethyl adjacent to an activating group) is 1. The lowest BCUT2D eigenvalue weighted by Crippen LogP contribution is -2.29. The minimum Gasteiger partial charge on any atom is -0.335 e. The highest BCUT2D eigenvalue weighted by atomic mass is 32.2. The maximum atomic E-state index is 13.4. The highest BCUT2D eigenvalue weighted by Gasteiger charge is 2.35. The summed E-state index contributed by atoms with van der Waals surface area (Å²) in [7, 11) is -1.96. The lowest BCUT2D eigenvalue weighted by molar-refractivity contribution is -0.127. The zero-order valence-corrected chi connectivity index (χ0v) is 16.4. The number of nitrogens with zero attached hydrogens (tertiary/aromatic N) is 1. The number of sulfone groups is 1. The summed E-state index contributed by atoms with van der Waals surface area (Å²) in [4.78, 5) is 13.8. The Bertz CT molecular complexity index is 966. The first-order valence-corrected chi connectivity index (χ1v) is 10.2. The SMILES string of the molecule is CC(c1ccc(S(C)(=O)=O)cc1)N(C)C(=O)/C=C(/c1ccccc1)C(F)(F)F. The van der Waals surface area contributed by atoms with Crippen molar-refractivity contribution in [2.45, 2.75) is 24.0 Å². The predicted molar refractivity (Wildman–Crippen MR) is 101 cm³/mol. The molecule has 0 aliphatic heterocycles. The summed E-state index contributed by atoms with van der Waals surface area (Å²) in [5, 5.41) is 0. The van der Waals surface area contributed by atoms with Crippen molar-refractivity contribution in [3.05, 3.63) is 71.8 Å². The molecule has 0 bridgehead atoms. The third-order valence-electron chi connectivity index (χ3n) is 4.38. The Morgan fingerprint density at radius 1 is 1.04 bits per heavy atom. The van der Waals surface area contributed by atoms with Gasteiger partial charge in [0.05, 0.1) is 16.5 Å². The molecule has 0 heterocycles. The fraction of sp³-hybridized carbons (Fsp3) is 0.250. The van der Waals surface area contributed by atoms with Crippen molar-refractivity contribution in [2.75, 3.05) is 13.3 Å². The van der Waals surface area contributed by atoms with Gasteiger partial charge in [0.2, 0.25) is 5.91 Å². The Hall–Kier alpha value is -2.61. The van der Waals surface area contributed by atoms with Crippen LogP contribution in [0.1, 0.15) is 24.1 Å². The van der Waals surface area contributed by atoms with Crippen LogP contribution in [0.25, 0.3) is 5.57 Å². The molecule has 0 saturated heterocycles. The summed E-state index contributed by atoms with van der Waals surface area (Å²) in [6, 6.07) is 12.4. The smallest absolute Gasteiger partial charge is 0.335 e. The Morgan fingerprint density at radius 3 is 2.04 bits per heavy atom. The molecule has 1 atom stereocenters. The highest BCUT2D eigenvalue weighted by molar-refractivity contribution is 7.90. The van der Waals surface area contributed by atoms with Gasteiger partial charge in [-0.15, -0.1) is 0 Å². The number of carbonyl (C=O) groups excluding carboxylic acids is 1. The number of hydrogen-bond acceptors (Lipinski definition) is 3. The van der Waals surface area contributed by atoms with Crippen molar-refractivity contribution in [3.8, 4) is 0 Å². The molecule has 0 aliphatic rings. The van der Waals surface area contributed by atoms with E-state index < -0.39 is 33.5 Å². The van der Waals surface area contributed by atoms with Crippen molar-refractivity contribution in [2.24, 2.45) is 0 Å². The van der Waals surface area contributed by atoms with Gasteiger partial charge in [0.25, 0.3) is 0 Å². The molecule has 2 rings (SSSR count). The minimum absolute atomic E-state index is 0.0955. The van der Waals surface area contributed by atoms with Crippen LogP contribution in [0.4, 0.5) is 13.2 Å². The molecule has 8 heteroatoms. The topological polar surface area (TPSA) is 54.5 Å². The molecule has 0 spiro atoms. The van der Waals surface area contributed by atoms with E-state index in [2.05, 4.69) is 0 Å². The van der Waals surface area contributed by atoms with Crippen LogP contribution in [0.2, 0.25) is 0 Å². The number of halogens is 3. The first kappa shape index (κ1) is 21.7. The van der Waals surface area contributed by atoms with Gasteiger partial charge in [0.1, 0.15) is 0 Å². The largest absolute Gasteiger partial charge is 0.417 e. The molecular formula is C20H20F3NO3S. The van der Waals surface area contributed by atoms with Gasteiger partial charge >= 0.3 is 6.18 Å². The Labute approximate surface area is 162 Å². The molecule has 2 aromatic rings. The van der Waals surface area contributed by atoms with Gasteiger partial charge in [-0.3, -0.25) is 4.79 Å². The van der Waals surface area contributed by atoms with Crippen LogP contribution in [-0.2, 0) is 14.6 Å². The number of carbonyl (C=O) groups is 1. The standard InChI is InChI=1S/C20H20F3NO3S/c1-14(15-9-11-17(12-10-15)28(3,26)27)24(2)19(25)13-18(20(21,22)23)16-7-5-4-6-8-16/h4-14H,1-3H3/b18-13-. The molecule has 2 aromatic carbocycles. The molecule has 0 aliphatic carbocycles. The number of benzene rings is 2. The summed E-state index contributed by atoms with van der Waals surface area (Å²) in [5.74, 6) is -0.809. The van der Waals surface area contributed by atoms with Crippen molar-refractivity contribution < 1.29 is 26.4 Å². The van der Waals surface area contributed by atoms with Crippen molar-refractivity contribution >= 4 is 21.3 Å². The second-order valence-corrected chi connectivity index (χ2v) is 8.40. The fourth-order valence-corrected chi connectivity index (χ4v) is 3.21.